The van der Waals surface area contributed by atoms with Crippen molar-refractivity contribution >= 4 is 33.4 Å². The van der Waals surface area contributed by atoms with E-state index in [9.17, 15) is 0 Å². The first kappa shape index (κ1) is 15.6. The quantitative estimate of drug-likeness (QED) is 0.288. The van der Waals surface area contributed by atoms with Gasteiger partial charge in [0.25, 0.3) is 0 Å². The third-order valence-corrected chi connectivity index (χ3v) is 4.77. The molecular weight excluding hydrogens is 302 g/mol. The highest BCUT2D eigenvalue weighted by Crippen LogP contribution is 2.29. The van der Waals surface area contributed by atoms with Gasteiger partial charge in [-0.25, -0.2) is 0 Å². The summed E-state index contributed by atoms with van der Waals surface area (Å²) in [5.41, 5.74) is 5.98. The molecule has 0 saturated carbocycles. The average Bonchev–Trinajstić information content (AvgIpc) is 2.60. The van der Waals surface area contributed by atoms with Crippen molar-refractivity contribution < 1.29 is 0 Å². The first-order valence-corrected chi connectivity index (χ1v) is 8.66. The number of aliphatic imine (C=N–C) groups is 1. The maximum absolute atomic E-state index is 4.89. The molecule has 0 aliphatic carbocycles. The van der Waals surface area contributed by atoms with E-state index in [4.69, 9.17) is 4.99 Å². The molecule has 4 aromatic carbocycles. The van der Waals surface area contributed by atoms with Crippen molar-refractivity contribution in [2.24, 2.45) is 4.99 Å². The molecule has 4 aromatic rings. The molecule has 0 radical (unpaired) electrons. The number of hydrogen-bond acceptors (Lipinski definition) is 1. The van der Waals surface area contributed by atoms with E-state index in [2.05, 4.69) is 87.5 Å². The van der Waals surface area contributed by atoms with E-state index >= 15 is 0 Å². The SMILES string of the molecule is Cc1cc(C)c(N=Cc2c3ccccc3cc3ccccc23)c(C)c1. The fourth-order valence-corrected chi connectivity index (χ4v) is 3.69. The zero-order valence-corrected chi connectivity index (χ0v) is 14.9. The number of hydrogen-bond donors (Lipinski definition) is 0. The predicted molar refractivity (Wildman–Crippen MR) is 109 cm³/mol. The Kier molecular flexibility index (Phi) is 3.85. The Bertz CT molecular complexity index is 1040. The van der Waals surface area contributed by atoms with Crippen LogP contribution in [0.4, 0.5) is 5.69 Å². The average molecular weight is 323 g/mol. The van der Waals surface area contributed by atoms with Crippen LogP contribution in [-0.2, 0) is 0 Å². The summed E-state index contributed by atoms with van der Waals surface area (Å²) in [6.07, 6.45) is 2.04. The molecule has 1 heteroatoms. The molecule has 0 heterocycles. The van der Waals surface area contributed by atoms with Gasteiger partial charge in [-0.15, -0.1) is 0 Å². The second-order valence-electron chi connectivity index (χ2n) is 6.74. The molecule has 4 rings (SSSR count). The summed E-state index contributed by atoms with van der Waals surface area (Å²) in [6, 6.07) is 23.7. The van der Waals surface area contributed by atoms with E-state index in [1.165, 1.54) is 43.8 Å². The van der Waals surface area contributed by atoms with Crippen molar-refractivity contribution in [2.45, 2.75) is 20.8 Å². The van der Waals surface area contributed by atoms with Gasteiger partial charge >= 0.3 is 0 Å². The first-order valence-electron chi connectivity index (χ1n) is 8.66. The molecular formula is C24H21N. The fraction of sp³-hybridized carbons (Fsp3) is 0.125. The van der Waals surface area contributed by atoms with Crippen LogP contribution in [0.15, 0.2) is 71.7 Å². The van der Waals surface area contributed by atoms with Crippen LogP contribution in [0.25, 0.3) is 21.5 Å². The van der Waals surface area contributed by atoms with Gasteiger partial charge < -0.3 is 0 Å². The minimum absolute atomic E-state index is 1.07. The molecule has 0 bridgehead atoms. The standard InChI is InChI=1S/C24H21N/c1-16-12-17(2)24(18(3)13-16)25-15-23-21-10-6-4-8-19(21)14-20-9-5-7-11-22(20)23/h4-15H,1-3H3. The number of fused-ring (bicyclic) bond motifs is 2. The molecule has 122 valence electrons. The summed E-state index contributed by atoms with van der Waals surface area (Å²) in [5, 5.41) is 4.99. The van der Waals surface area contributed by atoms with Crippen molar-refractivity contribution in [3.05, 3.63) is 89.0 Å². The van der Waals surface area contributed by atoms with Crippen molar-refractivity contribution in [2.75, 3.05) is 0 Å². The minimum atomic E-state index is 1.07. The molecule has 0 spiro atoms. The van der Waals surface area contributed by atoms with Crippen LogP contribution in [-0.4, -0.2) is 6.21 Å². The van der Waals surface area contributed by atoms with Gasteiger partial charge in [-0.05, 0) is 59.5 Å². The smallest absolute Gasteiger partial charge is 0.0688 e. The molecule has 25 heavy (non-hydrogen) atoms. The number of aryl methyl sites for hydroxylation is 3. The van der Waals surface area contributed by atoms with Crippen molar-refractivity contribution in [1.82, 2.24) is 0 Å². The highest BCUT2D eigenvalue weighted by molar-refractivity contribution is 6.13. The van der Waals surface area contributed by atoms with Gasteiger partial charge in [0.05, 0.1) is 5.69 Å². The monoisotopic (exact) mass is 323 g/mol. The van der Waals surface area contributed by atoms with Gasteiger partial charge in [0.15, 0.2) is 0 Å². The second kappa shape index (κ2) is 6.18. The Labute approximate surface area is 148 Å². The number of benzene rings is 4. The van der Waals surface area contributed by atoms with Crippen LogP contribution in [0.5, 0.6) is 0 Å². The zero-order valence-electron chi connectivity index (χ0n) is 14.9. The summed E-state index contributed by atoms with van der Waals surface area (Å²) < 4.78 is 0. The normalized spacial score (nSPS) is 11.6. The van der Waals surface area contributed by atoms with E-state index in [1.807, 2.05) is 6.21 Å². The van der Waals surface area contributed by atoms with Crippen LogP contribution < -0.4 is 0 Å². The molecule has 1 nitrogen and oxygen atoms in total. The molecule has 0 unspecified atom stereocenters. The van der Waals surface area contributed by atoms with Gasteiger partial charge in [-0.1, -0.05) is 66.2 Å². The summed E-state index contributed by atoms with van der Waals surface area (Å²) >= 11 is 0. The third-order valence-electron chi connectivity index (χ3n) is 4.77. The Hall–Kier alpha value is -2.93. The van der Waals surface area contributed by atoms with E-state index in [1.54, 1.807) is 0 Å². The van der Waals surface area contributed by atoms with Crippen molar-refractivity contribution in [3.63, 3.8) is 0 Å². The fourth-order valence-electron chi connectivity index (χ4n) is 3.69. The van der Waals surface area contributed by atoms with Crippen molar-refractivity contribution in [3.8, 4) is 0 Å². The van der Waals surface area contributed by atoms with E-state index < -0.39 is 0 Å². The maximum atomic E-state index is 4.89. The van der Waals surface area contributed by atoms with E-state index in [0.717, 1.165) is 5.69 Å². The van der Waals surface area contributed by atoms with Gasteiger partial charge in [0, 0.05) is 11.8 Å². The Morgan fingerprint density at radius 2 is 1.20 bits per heavy atom. The molecule has 0 aliphatic rings. The van der Waals surface area contributed by atoms with Gasteiger partial charge in [0.1, 0.15) is 0 Å². The van der Waals surface area contributed by atoms with Crippen LogP contribution >= 0.6 is 0 Å². The summed E-state index contributed by atoms with van der Waals surface area (Å²) in [4.78, 5) is 4.89. The van der Waals surface area contributed by atoms with Crippen LogP contribution in [0, 0.1) is 20.8 Å². The lowest BCUT2D eigenvalue weighted by Gasteiger charge is -2.09. The van der Waals surface area contributed by atoms with Crippen LogP contribution in [0.1, 0.15) is 22.3 Å². The minimum Gasteiger partial charge on any atom is -0.256 e. The Morgan fingerprint density at radius 1 is 0.680 bits per heavy atom. The van der Waals surface area contributed by atoms with E-state index in [0.29, 0.717) is 0 Å². The summed E-state index contributed by atoms with van der Waals surface area (Å²) in [5.74, 6) is 0. The highest BCUT2D eigenvalue weighted by Gasteiger charge is 2.07. The molecule has 0 N–H and O–H groups in total. The van der Waals surface area contributed by atoms with Gasteiger partial charge in [-0.3, -0.25) is 4.99 Å². The molecule has 0 fully saturated rings. The summed E-state index contributed by atoms with van der Waals surface area (Å²) in [6.45, 7) is 6.40. The highest BCUT2D eigenvalue weighted by atomic mass is 14.7. The lowest BCUT2D eigenvalue weighted by atomic mass is 9.97. The predicted octanol–water partition coefficient (Wildman–Crippen LogP) is 6.67. The molecule has 0 aromatic heterocycles. The summed E-state index contributed by atoms with van der Waals surface area (Å²) in [7, 11) is 0. The topological polar surface area (TPSA) is 12.4 Å². The lowest BCUT2D eigenvalue weighted by molar-refractivity contribution is 1.29. The second-order valence-corrected chi connectivity index (χ2v) is 6.74. The first-order chi connectivity index (χ1) is 12.1. The molecule has 0 amide bonds. The number of rotatable bonds is 2. The zero-order chi connectivity index (χ0) is 17.4. The third kappa shape index (κ3) is 2.83. The molecule has 0 atom stereocenters. The van der Waals surface area contributed by atoms with Gasteiger partial charge in [0.2, 0.25) is 0 Å². The Balaban J connectivity index is 1.97. The maximum Gasteiger partial charge on any atom is 0.0688 e. The lowest BCUT2D eigenvalue weighted by Crippen LogP contribution is -1.90. The Morgan fingerprint density at radius 3 is 1.76 bits per heavy atom. The van der Waals surface area contributed by atoms with Crippen molar-refractivity contribution in [1.29, 1.82) is 0 Å². The molecule has 0 aliphatic heterocycles. The largest absolute Gasteiger partial charge is 0.256 e. The van der Waals surface area contributed by atoms with Crippen LogP contribution in [0.3, 0.4) is 0 Å². The van der Waals surface area contributed by atoms with Gasteiger partial charge in [-0.2, -0.15) is 0 Å². The molecule has 0 saturated heterocycles. The number of nitrogens with zero attached hydrogens (tertiary/aromatic N) is 1. The van der Waals surface area contributed by atoms with E-state index in [-0.39, 0.29) is 0 Å². The van der Waals surface area contributed by atoms with Crippen LogP contribution in [0.2, 0.25) is 0 Å².